The first-order chi connectivity index (χ1) is 12.5. The maximum Gasteiger partial charge on any atom is 0.375 e. The number of amides is 1. The van der Waals surface area contributed by atoms with Crippen LogP contribution in [0, 0.1) is 6.92 Å². The Morgan fingerprint density at radius 1 is 1.15 bits per heavy atom. The molecule has 1 N–H and O–H groups in total. The van der Waals surface area contributed by atoms with Gasteiger partial charge in [0.05, 0.1) is 6.61 Å². The molecule has 0 bridgehead atoms. The predicted molar refractivity (Wildman–Crippen MR) is 98.2 cm³/mol. The van der Waals surface area contributed by atoms with Crippen molar-refractivity contribution in [3.8, 4) is 0 Å². The lowest BCUT2D eigenvalue weighted by molar-refractivity contribution is -0.129. The van der Waals surface area contributed by atoms with Crippen molar-refractivity contribution in [3.05, 3.63) is 47.7 Å². The third-order valence-electron chi connectivity index (χ3n) is 4.27. The zero-order valence-corrected chi connectivity index (χ0v) is 15.0. The maximum atomic E-state index is 12.5. The molecule has 1 aromatic heterocycles. The van der Waals surface area contributed by atoms with Crippen molar-refractivity contribution in [1.29, 1.82) is 0 Å². The molecule has 3 aromatic rings. The third kappa shape index (κ3) is 3.41. The van der Waals surface area contributed by atoms with E-state index in [1.807, 2.05) is 36.4 Å². The fourth-order valence-corrected chi connectivity index (χ4v) is 2.83. The fraction of sp³-hybridized carbons (Fsp3) is 0.300. The summed E-state index contributed by atoms with van der Waals surface area (Å²) in [4.78, 5) is 24.4. The molecule has 0 unspecified atom stereocenters. The highest BCUT2D eigenvalue weighted by Gasteiger charge is 2.24. The second-order valence-corrected chi connectivity index (χ2v) is 6.05. The first-order valence-corrected chi connectivity index (χ1v) is 8.41. The van der Waals surface area contributed by atoms with Crippen LogP contribution in [-0.4, -0.2) is 38.2 Å². The molecule has 0 saturated carbocycles. The molecule has 2 aromatic carbocycles. The Hall–Kier alpha value is -2.86. The Balaban J connectivity index is 1.83. The molecule has 0 aliphatic rings. The van der Waals surface area contributed by atoms with E-state index in [4.69, 9.17) is 13.9 Å². The number of carbonyl (C=O) groups is 2. The van der Waals surface area contributed by atoms with Gasteiger partial charge < -0.3 is 19.2 Å². The van der Waals surface area contributed by atoms with Gasteiger partial charge in [-0.05, 0) is 19.2 Å². The summed E-state index contributed by atoms with van der Waals surface area (Å²) in [7, 11) is 1.55. The highest BCUT2D eigenvalue weighted by Crippen LogP contribution is 2.32. The second kappa shape index (κ2) is 7.58. The average molecular weight is 355 g/mol. The number of carbonyl (C=O) groups excluding carboxylic acids is 2. The lowest BCUT2D eigenvalue weighted by Gasteiger charge is -2.12. The highest BCUT2D eigenvalue weighted by molar-refractivity contribution is 6.08. The lowest BCUT2D eigenvalue weighted by atomic mass is 10.1. The minimum atomic E-state index is -0.927. The Bertz CT molecular complexity index is 959. The van der Waals surface area contributed by atoms with E-state index in [-0.39, 0.29) is 11.7 Å². The minimum Gasteiger partial charge on any atom is -0.448 e. The van der Waals surface area contributed by atoms with Crippen LogP contribution in [-0.2, 0) is 14.3 Å². The normalized spacial score (nSPS) is 12.3. The Kier molecular flexibility index (Phi) is 5.23. The van der Waals surface area contributed by atoms with Crippen LogP contribution in [0.2, 0.25) is 0 Å². The van der Waals surface area contributed by atoms with Gasteiger partial charge in [-0.2, -0.15) is 0 Å². The molecular weight excluding hydrogens is 334 g/mol. The molecule has 1 amide bonds. The van der Waals surface area contributed by atoms with Crippen molar-refractivity contribution >= 4 is 33.6 Å². The Labute approximate surface area is 151 Å². The van der Waals surface area contributed by atoms with E-state index in [9.17, 15) is 9.59 Å². The molecule has 0 spiro atoms. The summed E-state index contributed by atoms with van der Waals surface area (Å²) in [6.45, 7) is 4.07. The quantitative estimate of drug-likeness (QED) is 0.543. The highest BCUT2D eigenvalue weighted by atomic mass is 16.6. The standard InChI is InChI=1S/C20H21NO5/c1-12-15-9-8-14-6-4-5-7-16(14)18(15)26-17(12)20(23)25-13(2)19(22)21-10-11-24-3/h4-9,13H,10-11H2,1-3H3,(H,21,22)/t13-/m0/s1. The van der Waals surface area contributed by atoms with E-state index >= 15 is 0 Å². The van der Waals surface area contributed by atoms with E-state index in [1.165, 1.54) is 6.92 Å². The summed E-state index contributed by atoms with van der Waals surface area (Å²) in [6.07, 6.45) is -0.927. The van der Waals surface area contributed by atoms with Crippen molar-refractivity contribution in [1.82, 2.24) is 5.32 Å². The molecule has 0 saturated heterocycles. The molecule has 1 atom stereocenters. The van der Waals surface area contributed by atoms with E-state index < -0.39 is 12.1 Å². The number of methoxy groups -OCH3 is 1. The Morgan fingerprint density at radius 2 is 1.92 bits per heavy atom. The summed E-state index contributed by atoms with van der Waals surface area (Å²) in [5, 5.41) is 5.44. The van der Waals surface area contributed by atoms with Gasteiger partial charge in [0.2, 0.25) is 5.76 Å². The zero-order valence-electron chi connectivity index (χ0n) is 15.0. The van der Waals surface area contributed by atoms with Gasteiger partial charge in [-0.3, -0.25) is 4.79 Å². The average Bonchev–Trinajstić information content (AvgIpc) is 2.99. The van der Waals surface area contributed by atoms with E-state index in [2.05, 4.69) is 5.32 Å². The molecule has 1 heterocycles. The van der Waals surface area contributed by atoms with Gasteiger partial charge in [0, 0.05) is 30.0 Å². The molecule has 6 heteroatoms. The van der Waals surface area contributed by atoms with Crippen LogP contribution in [0.3, 0.4) is 0 Å². The van der Waals surface area contributed by atoms with Crippen molar-refractivity contribution < 1.29 is 23.5 Å². The van der Waals surface area contributed by atoms with Gasteiger partial charge in [0.1, 0.15) is 5.58 Å². The van der Waals surface area contributed by atoms with Gasteiger partial charge in [-0.25, -0.2) is 4.79 Å². The van der Waals surface area contributed by atoms with E-state index in [1.54, 1.807) is 14.0 Å². The smallest absolute Gasteiger partial charge is 0.375 e. The summed E-state index contributed by atoms with van der Waals surface area (Å²) in [6, 6.07) is 11.7. The number of nitrogens with one attached hydrogen (secondary N) is 1. The van der Waals surface area contributed by atoms with Crippen molar-refractivity contribution in [2.45, 2.75) is 20.0 Å². The van der Waals surface area contributed by atoms with Crippen LogP contribution in [0.25, 0.3) is 21.7 Å². The number of rotatable bonds is 6. The van der Waals surface area contributed by atoms with Crippen LogP contribution in [0.1, 0.15) is 23.0 Å². The maximum absolute atomic E-state index is 12.5. The van der Waals surface area contributed by atoms with Crippen molar-refractivity contribution in [3.63, 3.8) is 0 Å². The first-order valence-electron chi connectivity index (χ1n) is 8.41. The lowest BCUT2D eigenvalue weighted by Crippen LogP contribution is -2.37. The molecule has 0 radical (unpaired) electrons. The zero-order chi connectivity index (χ0) is 18.7. The monoisotopic (exact) mass is 355 g/mol. The summed E-state index contributed by atoms with van der Waals surface area (Å²) in [5.41, 5.74) is 1.34. The topological polar surface area (TPSA) is 77.8 Å². The number of benzene rings is 2. The minimum absolute atomic E-state index is 0.118. The third-order valence-corrected chi connectivity index (χ3v) is 4.27. The van der Waals surface area contributed by atoms with Gasteiger partial charge in [0.15, 0.2) is 6.10 Å². The molecule has 26 heavy (non-hydrogen) atoms. The molecule has 0 aliphatic heterocycles. The van der Waals surface area contributed by atoms with Crippen molar-refractivity contribution in [2.24, 2.45) is 0 Å². The van der Waals surface area contributed by atoms with Gasteiger partial charge in [-0.1, -0.05) is 36.4 Å². The van der Waals surface area contributed by atoms with Gasteiger partial charge in [-0.15, -0.1) is 0 Å². The molecule has 136 valence electrons. The summed E-state index contributed by atoms with van der Waals surface area (Å²) in [5.74, 6) is -0.917. The number of esters is 1. The molecule has 0 fully saturated rings. The predicted octanol–water partition coefficient (Wildman–Crippen LogP) is 3.20. The Morgan fingerprint density at radius 3 is 2.69 bits per heavy atom. The second-order valence-electron chi connectivity index (χ2n) is 6.05. The SMILES string of the molecule is COCCNC(=O)[C@H](C)OC(=O)c1oc2c(ccc3ccccc32)c1C. The first kappa shape index (κ1) is 17.9. The van der Waals surface area contributed by atoms with Crippen LogP contribution in [0.4, 0.5) is 0 Å². The number of fused-ring (bicyclic) bond motifs is 3. The van der Waals surface area contributed by atoms with E-state index in [0.29, 0.717) is 24.3 Å². The van der Waals surface area contributed by atoms with Crippen LogP contribution >= 0.6 is 0 Å². The molecular formula is C20H21NO5. The van der Waals surface area contributed by atoms with Gasteiger partial charge >= 0.3 is 5.97 Å². The van der Waals surface area contributed by atoms with E-state index in [0.717, 1.165) is 16.2 Å². The number of hydrogen-bond donors (Lipinski definition) is 1. The van der Waals surface area contributed by atoms with Crippen molar-refractivity contribution in [2.75, 3.05) is 20.3 Å². The van der Waals surface area contributed by atoms with Gasteiger partial charge in [0.25, 0.3) is 5.91 Å². The van der Waals surface area contributed by atoms with Crippen LogP contribution in [0.15, 0.2) is 40.8 Å². The largest absolute Gasteiger partial charge is 0.448 e. The molecule has 3 rings (SSSR count). The molecule has 6 nitrogen and oxygen atoms in total. The molecule has 0 aliphatic carbocycles. The number of furan rings is 1. The van der Waals surface area contributed by atoms with Crippen LogP contribution in [0.5, 0.6) is 0 Å². The van der Waals surface area contributed by atoms with Crippen LogP contribution < -0.4 is 5.32 Å². The fourth-order valence-electron chi connectivity index (χ4n) is 2.83. The summed E-state index contributed by atoms with van der Waals surface area (Å²) >= 11 is 0. The number of ether oxygens (including phenoxy) is 2. The number of hydrogen-bond acceptors (Lipinski definition) is 5. The summed E-state index contributed by atoms with van der Waals surface area (Å²) < 4.78 is 16.0. The number of aryl methyl sites for hydroxylation is 1.